The van der Waals surface area contributed by atoms with Crippen LogP contribution in [-0.2, 0) is 0 Å². The molecule has 0 aliphatic rings. The van der Waals surface area contributed by atoms with E-state index in [1.807, 2.05) is 31.2 Å². The van der Waals surface area contributed by atoms with Gasteiger partial charge in [0.15, 0.2) is 0 Å². The molecular formula is C21H22FN3O3. The Morgan fingerprint density at radius 2 is 1.75 bits per heavy atom. The third-order valence-electron chi connectivity index (χ3n) is 4.41. The van der Waals surface area contributed by atoms with E-state index in [-0.39, 0.29) is 11.7 Å². The summed E-state index contributed by atoms with van der Waals surface area (Å²) in [4.78, 5) is 14.3. The van der Waals surface area contributed by atoms with Crippen LogP contribution in [0.2, 0.25) is 0 Å². The number of ether oxygens (including phenoxy) is 2. The lowest BCUT2D eigenvalue weighted by atomic mass is 10.2. The average Bonchev–Trinajstić information content (AvgIpc) is 3.09. The first-order valence-corrected chi connectivity index (χ1v) is 8.82. The number of nitrogens with zero attached hydrogens (tertiary/aromatic N) is 3. The Morgan fingerprint density at radius 1 is 1.11 bits per heavy atom. The van der Waals surface area contributed by atoms with Crippen molar-refractivity contribution in [3.63, 3.8) is 0 Å². The van der Waals surface area contributed by atoms with E-state index in [2.05, 4.69) is 5.10 Å². The minimum Gasteiger partial charge on any atom is -0.497 e. The zero-order valence-electron chi connectivity index (χ0n) is 16.1. The summed E-state index contributed by atoms with van der Waals surface area (Å²) in [5.74, 6) is 1.00. The molecular weight excluding hydrogens is 361 g/mol. The van der Waals surface area contributed by atoms with Crippen molar-refractivity contribution in [3.8, 4) is 17.2 Å². The molecule has 0 saturated heterocycles. The van der Waals surface area contributed by atoms with E-state index in [1.165, 1.54) is 18.3 Å². The second-order valence-electron chi connectivity index (χ2n) is 6.28. The molecule has 0 radical (unpaired) electrons. The molecule has 0 spiro atoms. The molecule has 0 bridgehead atoms. The summed E-state index contributed by atoms with van der Waals surface area (Å²) in [5.41, 5.74) is 1.89. The highest BCUT2D eigenvalue weighted by atomic mass is 19.1. The molecule has 6 nitrogen and oxygen atoms in total. The zero-order valence-corrected chi connectivity index (χ0v) is 16.1. The van der Waals surface area contributed by atoms with Gasteiger partial charge in [-0.2, -0.15) is 5.10 Å². The Balaban J connectivity index is 1.60. The van der Waals surface area contributed by atoms with Crippen LogP contribution in [0.15, 0.2) is 54.7 Å². The maximum atomic E-state index is 13.1. The van der Waals surface area contributed by atoms with Crippen LogP contribution >= 0.6 is 0 Å². The first kappa shape index (κ1) is 19.4. The highest BCUT2D eigenvalue weighted by Crippen LogP contribution is 2.18. The van der Waals surface area contributed by atoms with Crippen molar-refractivity contribution in [2.45, 2.75) is 6.92 Å². The molecule has 1 heterocycles. The number of carbonyl (C=O) groups excluding carboxylic acids is 1. The van der Waals surface area contributed by atoms with Crippen LogP contribution in [0.4, 0.5) is 4.39 Å². The average molecular weight is 383 g/mol. The summed E-state index contributed by atoms with van der Waals surface area (Å²) in [6, 6.07) is 13.2. The summed E-state index contributed by atoms with van der Waals surface area (Å²) in [7, 11) is 3.32. The predicted molar refractivity (Wildman–Crippen MR) is 104 cm³/mol. The lowest BCUT2D eigenvalue weighted by Crippen LogP contribution is -2.31. The van der Waals surface area contributed by atoms with E-state index in [9.17, 15) is 9.18 Å². The van der Waals surface area contributed by atoms with Crippen LogP contribution in [0.3, 0.4) is 0 Å². The van der Waals surface area contributed by atoms with Crippen molar-refractivity contribution in [2.75, 3.05) is 27.3 Å². The smallest absolute Gasteiger partial charge is 0.257 e. The predicted octanol–water partition coefficient (Wildman–Crippen LogP) is 3.48. The molecule has 3 rings (SSSR count). The molecule has 0 aliphatic heterocycles. The first-order chi connectivity index (χ1) is 13.5. The van der Waals surface area contributed by atoms with Crippen LogP contribution in [-0.4, -0.2) is 47.9 Å². The van der Waals surface area contributed by atoms with Gasteiger partial charge in [-0.3, -0.25) is 4.79 Å². The van der Waals surface area contributed by atoms with Crippen LogP contribution in [0.5, 0.6) is 11.5 Å². The number of aromatic nitrogens is 2. The second-order valence-corrected chi connectivity index (χ2v) is 6.28. The van der Waals surface area contributed by atoms with Crippen molar-refractivity contribution in [1.29, 1.82) is 0 Å². The molecule has 7 heteroatoms. The molecule has 0 saturated carbocycles. The number of hydrogen-bond acceptors (Lipinski definition) is 4. The topological polar surface area (TPSA) is 56.6 Å². The minimum absolute atomic E-state index is 0.149. The van der Waals surface area contributed by atoms with Crippen LogP contribution in [0.1, 0.15) is 16.1 Å². The fraction of sp³-hybridized carbons (Fsp3) is 0.238. The number of rotatable bonds is 7. The van der Waals surface area contributed by atoms with Gasteiger partial charge in [-0.1, -0.05) is 0 Å². The monoisotopic (exact) mass is 383 g/mol. The van der Waals surface area contributed by atoms with E-state index in [0.717, 1.165) is 5.75 Å². The normalized spacial score (nSPS) is 10.6. The van der Waals surface area contributed by atoms with E-state index in [4.69, 9.17) is 9.47 Å². The van der Waals surface area contributed by atoms with Gasteiger partial charge in [0, 0.05) is 7.05 Å². The molecule has 0 aliphatic carbocycles. The Hall–Kier alpha value is -3.35. The number of hydrogen-bond donors (Lipinski definition) is 0. The van der Waals surface area contributed by atoms with Crippen molar-refractivity contribution < 1.29 is 18.7 Å². The molecule has 0 fully saturated rings. The minimum atomic E-state index is -0.318. The van der Waals surface area contributed by atoms with Crippen molar-refractivity contribution in [1.82, 2.24) is 14.7 Å². The Kier molecular flexibility index (Phi) is 5.93. The van der Waals surface area contributed by atoms with E-state index in [0.29, 0.717) is 35.8 Å². The lowest BCUT2D eigenvalue weighted by Gasteiger charge is -2.17. The third kappa shape index (κ3) is 4.31. The van der Waals surface area contributed by atoms with Gasteiger partial charge in [0.2, 0.25) is 0 Å². The zero-order chi connectivity index (χ0) is 20.1. The summed E-state index contributed by atoms with van der Waals surface area (Å²) in [6.07, 6.45) is 1.53. The first-order valence-electron chi connectivity index (χ1n) is 8.82. The van der Waals surface area contributed by atoms with Crippen LogP contribution < -0.4 is 9.47 Å². The molecule has 1 aromatic heterocycles. The molecule has 28 heavy (non-hydrogen) atoms. The van der Waals surface area contributed by atoms with E-state index in [1.54, 1.807) is 35.9 Å². The SMILES string of the molecule is COc1ccc(OCCN(C)C(=O)c2cnn(-c3ccc(F)cc3)c2C)cc1. The second kappa shape index (κ2) is 8.56. The third-order valence-corrected chi connectivity index (χ3v) is 4.41. The maximum absolute atomic E-state index is 13.1. The van der Waals surface area contributed by atoms with Gasteiger partial charge in [-0.15, -0.1) is 0 Å². The highest BCUT2D eigenvalue weighted by molar-refractivity contribution is 5.95. The maximum Gasteiger partial charge on any atom is 0.257 e. The standard InChI is InChI=1S/C21H22FN3O3/c1-15-20(14-23-25(15)17-6-4-16(22)5-7-17)21(26)24(2)12-13-28-19-10-8-18(27-3)9-11-19/h4-11,14H,12-13H2,1-3H3. The van der Waals surface area contributed by atoms with Crippen LogP contribution in [0, 0.1) is 12.7 Å². The molecule has 0 unspecified atom stereocenters. The van der Waals surface area contributed by atoms with Crippen molar-refractivity contribution in [2.24, 2.45) is 0 Å². The van der Waals surface area contributed by atoms with Crippen molar-refractivity contribution in [3.05, 3.63) is 71.8 Å². The molecule has 0 atom stereocenters. The molecule has 2 aromatic carbocycles. The summed E-state index contributed by atoms with van der Waals surface area (Å²) in [5, 5.41) is 4.27. The summed E-state index contributed by atoms with van der Waals surface area (Å²) >= 11 is 0. The highest BCUT2D eigenvalue weighted by Gasteiger charge is 2.18. The molecule has 0 N–H and O–H groups in total. The number of benzene rings is 2. The Morgan fingerprint density at radius 3 is 2.39 bits per heavy atom. The fourth-order valence-corrected chi connectivity index (χ4v) is 2.74. The van der Waals surface area contributed by atoms with Gasteiger partial charge < -0.3 is 14.4 Å². The number of carbonyl (C=O) groups is 1. The number of amides is 1. The quantitative estimate of drug-likeness (QED) is 0.627. The van der Waals surface area contributed by atoms with Crippen LogP contribution in [0.25, 0.3) is 5.69 Å². The van der Waals surface area contributed by atoms with Gasteiger partial charge in [0.1, 0.15) is 23.9 Å². The van der Waals surface area contributed by atoms with Gasteiger partial charge in [0.05, 0.1) is 36.8 Å². The Bertz CT molecular complexity index is 937. The number of methoxy groups -OCH3 is 1. The van der Waals surface area contributed by atoms with Gasteiger partial charge in [-0.05, 0) is 55.5 Å². The molecule has 1 amide bonds. The van der Waals surface area contributed by atoms with E-state index < -0.39 is 0 Å². The molecule has 3 aromatic rings. The lowest BCUT2D eigenvalue weighted by molar-refractivity contribution is 0.0773. The number of likely N-dealkylation sites (N-methyl/N-ethyl adjacent to an activating group) is 1. The van der Waals surface area contributed by atoms with E-state index >= 15 is 0 Å². The summed E-state index contributed by atoms with van der Waals surface area (Å²) < 4.78 is 25.5. The Labute approximate surface area is 163 Å². The molecule has 146 valence electrons. The summed E-state index contributed by atoms with van der Waals surface area (Å²) in [6.45, 7) is 2.59. The largest absolute Gasteiger partial charge is 0.497 e. The van der Waals surface area contributed by atoms with Gasteiger partial charge in [-0.25, -0.2) is 9.07 Å². The number of halogens is 1. The van der Waals surface area contributed by atoms with Gasteiger partial charge >= 0.3 is 0 Å². The fourth-order valence-electron chi connectivity index (χ4n) is 2.74. The van der Waals surface area contributed by atoms with Crippen molar-refractivity contribution >= 4 is 5.91 Å². The van der Waals surface area contributed by atoms with Gasteiger partial charge in [0.25, 0.3) is 5.91 Å².